The van der Waals surface area contributed by atoms with E-state index in [4.69, 9.17) is 9.47 Å². The number of hydrogen-bond donors (Lipinski definition) is 1. The molecule has 0 saturated heterocycles. The number of hydrogen-bond acceptors (Lipinski definition) is 3. The maximum atomic E-state index is 12.5. The van der Waals surface area contributed by atoms with E-state index < -0.39 is 5.60 Å². The zero-order chi connectivity index (χ0) is 16.0. The Hall–Kier alpha value is -1.55. The Bertz CT molecular complexity index is 482. The molecule has 0 aromatic heterocycles. The lowest BCUT2D eigenvalue weighted by Crippen LogP contribution is -2.44. The van der Waals surface area contributed by atoms with Crippen molar-refractivity contribution in [2.24, 2.45) is 5.92 Å². The molecule has 4 heteroatoms. The van der Waals surface area contributed by atoms with E-state index in [1.54, 1.807) is 0 Å². The van der Waals surface area contributed by atoms with E-state index in [2.05, 4.69) is 12.2 Å². The highest BCUT2D eigenvalue weighted by molar-refractivity contribution is 5.97. The fourth-order valence-electron chi connectivity index (χ4n) is 2.53. The van der Waals surface area contributed by atoms with E-state index >= 15 is 0 Å². The Morgan fingerprint density at radius 2 is 1.95 bits per heavy atom. The SMILES string of the molecule is CCCCOc1ccc(NC(=O)C(C)(OCC)C2CC2)cc1. The smallest absolute Gasteiger partial charge is 0.256 e. The molecule has 22 heavy (non-hydrogen) atoms. The molecule has 0 bridgehead atoms. The number of unbranched alkanes of at least 4 members (excludes halogenated alkanes) is 1. The van der Waals surface area contributed by atoms with Crippen LogP contribution in [0.1, 0.15) is 46.5 Å². The average Bonchev–Trinajstić information content (AvgIpc) is 3.34. The Balaban J connectivity index is 1.93. The Kier molecular flexibility index (Phi) is 5.83. The van der Waals surface area contributed by atoms with Gasteiger partial charge in [-0.15, -0.1) is 0 Å². The number of carbonyl (C=O) groups excluding carboxylic acids is 1. The lowest BCUT2D eigenvalue weighted by molar-refractivity contribution is -0.141. The summed E-state index contributed by atoms with van der Waals surface area (Å²) in [5.41, 5.74) is 0.0600. The molecular weight excluding hydrogens is 278 g/mol. The lowest BCUT2D eigenvalue weighted by atomic mass is 9.99. The van der Waals surface area contributed by atoms with Crippen LogP contribution < -0.4 is 10.1 Å². The van der Waals surface area contributed by atoms with Gasteiger partial charge < -0.3 is 14.8 Å². The Morgan fingerprint density at radius 1 is 1.27 bits per heavy atom. The minimum absolute atomic E-state index is 0.0588. The molecule has 1 aliphatic carbocycles. The number of ether oxygens (including phenoxy) is 2. The second kappa shape index (κ2) is 7.63. The molecule has 1 aromatic rings. The maximum absolute atomic E-state index is 12.5. The van der Waals surface area contributed by atoms with Gasteiger partial charge in [-0.05, 0) is 63.3 Å². The second-order valence-corrected chi connectivity index (χ2v) is 5.99. The molecule has 1 atom stereocenters. The van der Waals surface area contributed by atoms with Crippen LogP contribution in [0.2, 0.25) is 0 Å². The molecule has 4 nitrogen and oxygen atoms in total. The summed E-state index contributed by atoms with van der Waals surface area (Å²) in [4.78, 5) is 12.5. The van der Waals surface area contributed by atoms with Crippen molar-refractivity contribution in [3.8, 4) is 5.75 Å². The van der Waals surface area contributed by atoms with Gasteiger partial charge in [-0.3, -0.25) is 4.79 Å². The van der Waals surface area contributed by atoms with Crippen molar-refractivity contribution in [2.45, 2.75) is 52.1 Å². The first-order chi connectivity index (χ1) is 10.6. The van der Waals surface area contributed by atoms with Gasteiger partial charge in [0.25, 0.3) is 5.91 Å². The first-order valence-electron chi connectivity index (χ1n) is 8.28. The molecule has 122 valence electrons. The minimum Gasteiger partial charge on any atom is -0.494 e. The third-order valence-corrected chi connectivity index (χ3v) is 4.13. The van der Waals surface area contributed by atoms with E-state index in [1.165, 1.54) is 0 Å². The van der Waals surface area contributed by atoms with E-state index in [0.717, 1.165) is 43.7 Å². The molecule has 1 aromatic carbocycles. The van der Waals surface area contributed by atoms with Crippen molar-refractivity contribution in [3.05, 3.63) is 24.3 Å². The van der Waals surface area contributed by atoms with Crippen LogP contribution in [0.15, 0.2) is 24.3 Å². The Morgan fingerprint density at radius 3 is 2.50 bits per heavy atom. The monoisotopic (exact) mass is 305 g/mol. The van der Waals surface area contributed by atoms with Crippen molar-refractivity contribution in [1.82, 2.24) is 0 Å². The van der Waals surface area contributed by atoms with Crippen LogP contribution in [-0.2, 0) is 9.53 Å². The van der Waals surface area contributed by atoms with E-state index in [-0.39, 0.29) is 5.91 Å². The van der Waals surface area contributed by atoms with Gasteiger partial charge in [-0.25, -0.2) is 0 Å². The van der Waals surface area contributed by atoms with Crippen LogP contribution in [0.25, 0.3) is 0 Å². The van der Waals surface area contributed by atoms with Crippen LogP contribution in [0.3, 0.4) is 0 Å². The van der Waals surface area contributed by atoms with Gasteiger partial charge in [0.1, 0.15) is 11.4 Å². The van der Waals surface area contributed by atoms with Gasteiger partial charge in [-0.2, -0.15) is 0 Å². The molecule has 1 aliphatic rings. The zero-order valence-electron chi connectivity index (χ0n) is 13.9. The van der Waals surface area contributed by atoms with E-state index in [1.807, 2.05) is 38.1 Å². The zero-order valence-corrected chi connectivity index (χ0v) is 13.9. The molecule has 1 fully saturated rings. The summed E-state index contributed by atoms with van der Waals surface area (Å²) in [6.45, 7) is 7.23. The largest absolute Gasteiger partial charge is 0.494 e. The summed E-state index contributed by atoms with van der Waals surface area (Å²) >= 11 is 0. The number of amides is 1. The third kappa shape index (κ3) is 4.23. The van der Waals surface area contributed by atoms with Gasteiger partial charge in [-0.1, -0.05) is 13.3 Å². The molecule has 0 spiro atoms. The normalized spacial score (nSPS) is 16.9. The number of rotatable bonds is 9. The predicted molar refractivity (Wildman–Crippen MR) is 88.2 cm³/mol. The first-order valence-corrected chi connectivity index (χ1v) is 8.28. The molecule has 0 radical (unpaired) electrons. The average molecular weight is 305 g/mol. The van der Waals surface area contributed by atoms with Gasteiger partial charge in [0, 0.05) is 12.3 Å². The molecule has 1 unspecified atom stereocenters. The lowest BCUT2D eigenvalue weighted by Gasteiger charge is -2.28. The number of nitrogens with one attached hydrogen (secondary N) is 1. The molecule has 2 rings (SSSR count). The van der Waals surface area contributed by atoms with Crippen LogP contribution in [0.5, 0.6) is 5.75 Å². The topological polar surface area (TPSA) is 47.6 Å². The van der Waals surface area contributed by atoms with Crippen LogP contribution >= 0.6 is 0 Å². The highest BCUT2D eigenvalue weighted by Crippen LogP contribution is 2.42. The predicted octanol–water partition coefficient (Wildman–Crippen LogP) is 4.01. The number of anilines is 1. The molecule has 1 N–H and O–H groups in total. The highest BCUT2D eigenvalue weighted by Gasteiger charge is 2.48. The molecule has 1 saturated carbocycles. The third-order valence-electron chi connectivity index (χ3n) is 4.13. The van der Waals surface area contributed by atoms with Gasteiger partial charge in [0.05, 0.1) is 6.61 Å². The van der Waals surface area contributed by atoms with Crippen molar-refractivity contribution in [2.75, 3.05) is 18.5 Å². The maximum Gasteiger partial charge on any atom is 0.256 e. The quantitative estimate of drug-likeness (QED) is 0.701. The summed E-state index contributed by atoms with van der Waals surface area (Å²) in [7, 11) is 0. The number of benzene rings is 1. The van der Waals surface area contributed by atoms with Crippen molar-refractivity contribution in [3.63, 3.8) is 0 Å². The Labute approximate surface area is 133 Å². The van der Waals surface area contributed by atoms with E-state index in [9.17, 15) is 4.79 Å². The van der Waals surface area contributed by atoms with Crippen LogP contribution in [0.4, 0.5) is 5.69 Å². The summed E-state index contributed by atoms with van der Waals surface area (Å²) in [5.74, 6) is 1.11. The van der Waals surface area contributed by atoms with Crippen molar-refractivity contribution in [1.29, 1.82) is 0 Å². The summed E-state index contributed by atoms with van der Waals surface area (Å²) in [5, 5.41) is 2.96. The fraction of sp³-hybridized carbons (Fsp3) is 0.611. The standard InChI is InChI=1S/C18H27NO3/c1-4-6-13-21-16-11-9-15(10-12-16)19-17(20)18(3,22-5-2)14-7-8-14/h9-12,14H,4-8,13H2,1-3H3,(H,19,20). The first kappa shape index (κ1) is 16.8. The van der Waals surface area contributed by atoms with Gasteiger partial charge in [0.15, 0.2) is 0 Å². The number of carbonyl (C=O) groups is 1. The summed E-state index contributed by atoms with van der Waals surface area (Å²) < 4.78 is 11.4. The summed E-state index contributed by atoms with van der Waals surface area (Å²) in [6.07, 6.45) is 4.29. The molecule has 1 amide bonds. The second-order valence-electron chi connectivity index (χ2n) is 5.99. The summed E-state index contributed by atoms with van der Waals surface area (Å²) in [6, 6.07) is 7.53. The molecular formula is C18H27NO3. The minimum atomic E-state index is -0.717. The fourth-order valence-corrected chi connectivity index (χ4v) is 2.53. The van der Waals surface area contributed by atoms with Crippen molar-refractivity contribution >= 4 is 11.6 Å². The van der Waals surface area contributed by atoms with E-state index in [0.29, 0.717) is 12.5 Å². The van der Waals surface area contributed by atoms with Gasteiger partial charge in [0.2, 0.25) is 0 Å². The molecule has 0 aliphatic heterocycles. The highest BCUT2D eigenvalue weighted by atomic mass is 16.5. The molecule has 0 heterocycles. The van der Waals surface area contributed by atoms with Crippen LogP contribution in [-0.4, -0.2) is 24.7 Å². The van der Waals surface area contributed by atoms with Gasteiger partial charge >= 0.3 is 0 Å². The van der Waals surface area contributed by atoms with Crippen LogP contribution in [0, 0.1) is 5.92 Å². The van der Waals surface area contributed by atoms with Crippen molar-refractivity contribution < 1.29 is 14.3 Å².